The van der Waals surface area contributed by atoms with Crippen molar-refractivity contribution in [1.29, 1.82) is 0 Å². The summed E-state index contributed by atoms with van der Waals surface area (Å²) >= 11 is 0. The van der Waals surface area contributed by atoms with Crippen LogP contribution < -0.4 is 9.47 Å². The normalized spacial score (nSPS) is 29.6. The second-order valence-corrected chi connectivity index (χ2v) is 11.6. The minimum absolute atomic E-state index is 0.0114. The third kappa shape index (κ3) is 8.60. The van der Waals surface area contributed by atoms with E-state index in [1.807, 2.05) is 42.5 Å². The second-order valence-electron chi connectivity index (χ2n) is 11.6. The SMILES string of the molecule is COc1ccc(O[C@H]2C=C[C@@H](c3ccccc3)O[C@@H]2COC(=O)CCC(C)=NOC[C@@H](O)[C@H]2O[C@@H]3OC(C)(C)O[C@@H]3[C@H]2O)cc1. The van der Waals surface area contributed by atoms with Crippen LogP contribution >= 0.6 is 0 Å². The van der Waals surface area contributed by atoms with Crippen LogP contribution in [0, 0.1) is 0 Å². The topological polar surface area (TPSA) is 144 Å². The summed E-state index contributed by atoms with van der Waals surface area (Å²) in [7, 11) is 1.60. The van der Waals surface area contributed by atoms with Gasteiger partial charge in [-0.1, -0.05) is 41.6 Å². The molecule has 0 unspecified atom stereocenters. The Bertz CT molecular complexity index is 1320. The van der Waals surface area contributed by atoms with Crippen molar-refractivity contribution < 1.29 is 53.0 Å². The lowest BCUT2D eigenvalue weighted by Gasteiger charge is -2.32. The molecule has 2 fully saturated rings. The predicted molar refractivity (Wildman–Crippen MR) is 161 cm³/mol. The largest absolute Gasteiger partial charge is 0.497 e. The standard InChI is InChI=1S/C33H41NO11/c1-20(34-40-18-24(35)30-29(37)31-32(43-30)45-33(2,3)44-31)10-17-28(36)39-19-27-26(41-23-13-11-22(38-4)12-14-23)16-15-25(42-27)21-8-6-5-7-9-21/h5-9,11-16,24-27,29-32,35,37H,10,17-19H2,1-4H3/t24-,25+,26+,27-,29+,30-,31-,32-/m1/s1. The highest BCUT2D eigenvalue weighted by Crippen LogP contribution is 2.38. The molecular formula is C33H41NO11. The first-order valence-corrected chi connectivity index (χ1v) is 15.0. The van der Waals surface area contributed by atoms with Gasteiger partial charge in [-0.2, -0.15) is 0 Å². The van der Waals surface area contributed by atoms with E-state index in [2.05, 4.69) is 5.16 Å². The van der Waals surface area contributed by atoms with Crippen molar-refractivity contribution in [3.8, 4) is 11.5 Å². The number of hydrogen-bond acceptors (Lipinski definition) is 12. The lowest BCUT2D eigenvalue weighted by Crippen LogP contribution is -2.42. The maximum atomic E-state index is 12.7. The lowest BCUT2D eigenvalue weighted by atomic mass is 10.0. The third-order valence-corrected chi connectivity index (χ3v) is 7.62. The number of ether oxygens (including phenoxy) is 7. The van der Waals surface area contributed by atoms with E-state index in [9.17, 15) is 15.0 Å². The molecule has 2 aromatic rings. The minimum atomic E-state index is -1.17. The fourth-order valence-electron chi connectivity index (χ4n) is 5.27. The zero-order valence-electron chi connectivity index (χ0n) is 25.8. The van der Waals surface area contributed by atoms with E-state index in [4.69, 9.17) is 38.0 Å². The van der Waals surface area contributed by atoms with Crippen LogP contribution in [0.25, 0.3) is 0 Å². The zero-order chi connectivity index (χ0) is 32.0. The van der Waals surface area contributed by atoms with E-state index in [1.165, 1.54) is 0 Å². The number of nitrogens with zero attached hydrogens (tertiary/aromatic N) is 1. The molecule has 3 heterocycles. The molecule has 5 rings (SSSR count). The number of methoxy groups -OCH3 is 1. The molecule has 2 N–H and O–H groups in total. The number of aliphatic hydroxyl groups is 2. The minimum Gasteiger partial charge on any atom is -0.497 e. The molecular weight excluding hydrogens is 586 g/mol. The molecule has 0 spiro atoms. The Labute approximate surface area is 262 Å². The van der Waals surface area contributed by atoms with Gasteiger partial charge in [0.25, 0.3) is 0 Å². The predicted octanol–water partition coefficient (Wildman–Crippen LogP) is 3.45. The summed E-state index contributed by atoms with van der Waals surface area (Å²) in [6.45, 7) is 4.91. The Morgan fingerprint density at radius 2 is 1.73 bits per heavy atom. The second kappa shape index (κ2) is 14.7. The quantitative estimate of drug-likeness (QED) is 0.146. The van der Waals surface area contributed by atoms with Gasteiger partial charge in [-0.05, 0) is 63.1 Å². The third-order valence-electron chi connectivity index (χ3n) is 7.62. The first kappa shape index (κ1) is 32.9. The van der Waals surface area contributed by atoms with Crippen LogP contribution in [0.2, 0.25) is 0 Å². The molecule has 244 valence electrons. The van der Waals surface area contributed by atoms with Gasteiger partial charge in [0.2, 0.25) is 0 Å². The van der Waals surface area contributed by atoms with E-state index in [1.54, 1.807) is 52.1 Å². The molecule has 0 aromatic heterocycles. The van der Waals surface area contributed by atoms with Gasteiger partial charge in [-0.15, -0.1) is 0 Å². The lowest BCUT2D eigenvalue weighted by molar-refractivity contribution is -0.228. The van der Waals surface area contributed by atoms with Gasteiger partial charge < -0.3 is 48.2 Å². The van der Waals surface area contributed by atoms with Gasteiger partial charge in [0.05, 0.1) is 19.2 Å². The Balaban J connectivity index is 1.08. The molecule has 2 saturated heterocycles. The molecule has 0 radical (unpaired) electrons. The van der Waals surface area contributed by atoms with E-state index in [0.29, 0.717) is 17.2 Å². The first-order valence-electron chi connectivity index (χ1n) is 15.0. The van der Waals surface area contributed by atoms with Crippen molar-refractivity contribution in [3.63, 3.8) is 0 Å². The van der Waals surface area contributed by atoms with Crippen LogP contribution in [0.15, 0.2) is 71.9 Å². The highest BCUT2D eigenvalue weighted by Gasteiger charge is 2.56. The zero-order valence-corrected chi connectivity index (χ0v) is 25.8. The smallest absolute Gasteiger partial charge is 0.306 e. The number of rotatable bonds is 13. The van der Waals surface area contributed by atoms with Gasteiger partial charge in [-0.25, -0.2) is 0 Å². The summed E-state index contributed by atoms with van der Waals surface area (Å²) in [5.74, 6) is 0.0383. The summed E-state index contributed by atoms with van der Waals surface area (Å²) < 4.78 is 40.2. The number of oxime groups is 1. The molecule has 0 aliphatic carbocycles. The van der Waals surface area contributed by atoms with Crippen LogP contribution in [0.4, 0.5) is 0 Å². The van der Waals surface area contributed by atoms with Gasteiger partial charge in [-0.3, -0.25) is 4.79 Å². The van der Waals surface area contributed by atoms with Crippen LogP contribution in [-0.2, 0) is 33.3 Å². The van der Waals surface area contributed by atoms with E-state index in [-0.39, 0.29) is 32.2 Å². The molecule has 12 heteroatoms. The van der Waals surface area contributed by atoms with Crippen LogP contribution in [-0.4, -0.2) is 90.9 Å². The van der Waals surface area contributed by atoms with Crippen molar-refractivity contribution in [2.45, 2.75) is 88.4 Å². The van der Waals surface area contributed by atoms with Gasteiger partial charge in [0.15, 0.2) is 12.1 Å². The molecule has 2 aromatic carbocycles. The summed E-state index contributed by atoms with van der Waals surface area (Å²) in [6, 6.07) is 17.0. The molecule has 0 saturated carbocycles. The van der Waals surface area contributed by atoms with Gasteiger partial charge in [0, 0.05) is 0 Å². The van der Waals surface area contributed by atoms with Gasteiger partial charge >= 0.3 is 5.97 Å². The molecule has 8 atom stereocenters. The van der Waals surface area contributed by atoms with E-state index >= 15 is 0 Å². The van der Waals surface area contributed by atoms with Crippen molar-refractivity contribution in [2.75, 3.05) is 20.3 Å². The number of aliphatic hydroxyl groups excluding tert-OH is 2. The summed E-state index contributed by atoms with van der Waals surface area (Å²) in [6.07, 6.45) is -1.80. The van der Waals surface area contributed by atoms with Crippen molar-refractivity contribution in [3.05, 3.63) is 72.3 Å². The number of hydrogen-bond donors (Lipinski definition) is 2. The Hall–Kier alpha value is -3.52. The average Bonchev–Trinajstić information content (AvgIpc) is 3.51. The summed E-state index contributed by atoms with van der Waals surface area (Å²) in [5, 5.41) is 24.9. The average molecular weight is 628 g/mol. The van der Waals surface area contributed by atoms with E-state index in [0.717, 1.165) is 5.56 Å². The number of carbonyl (C=O) groups excluding carboxylic acids is 1. The highest BCUT2D eigenvalue weighted by molar-refractivity contribution is 5.85. The fourth-order valence-corrected chi connectivity index (χ4v) is 5.27. The molecule has 45 heavy (non-hydrogen) atoms. The summed E-state index contributed by atoms with van der Waals surface area (Å²) in [5.41, 5.74) is 1.51. The molecule has 3 aliphatic rings. The molecule has 0 amide bonds. The first-order chi connectivity index (χ1) is 21.6. The summed E-state index contributed by atoms with van der Waals surface area (Å²) in [4.78, 5) is 17.9. The maximum absolute atomic E-state index is 12.7. The molecule has 12 nitrogen and oxygen atoms in total. The number of carbonyl (C=O) groups is 1. The molecule has 3 aliphatic heterocycles. The molecule has 0 bridgehead atoms. The maximum Gasteiger partial charge on any atom is 0.306 e. The Kier molecular flexibility index (Phi) is 10.7. The van der Waals surface area contributed by atoms with Gasteiger partial charge in [0.1, 0.15) is 67.4 Å². The van der Waals surface area contributed by atoms with Crippen LogP contribution in [0.3, 0.4) is 0 Å². The monoisotopic (exact) mass is 627 g/mol. The number of fused-ring (bicyclic) bond motifs is 1. The van der Waals surface area contributed by atoms with Crippen molar-refractivity contribution >= 4 is 11.7 Å². The number of benzene rings is 2. The van der Waals surface area contributed by atoms with Crippen molar-refractivity contribution in [1.82, 2.24) is 0 Å². The highest BCUT2D eigenvalue weighted by atomic mass is 16.8. The van der Waals surface area contributed by atoms with Crippen LogP contribution in [0.1, 0.15) is 45.3 Å². The van der Waals surface area contributed by atoms with Crippen LogP contribution in [0.5, 0.6) is 11.5 Å². The van der Waals surface area contributed by atoms with Crippen molar-refractivity contribution in [2.24, 2.45) is 5.16 Å². The Morgan fingerprint density at radius 1 is 1.00 bits per heavy atom. The number of esters is 1. The Morgan fingerprint density at radius 3 is 2.44 bits per heavy atom. The van der Waals surface area contributed by atoms with E-state index < -0.39 is 54.7 Å². The fraction of sp³-hybridized carbons (Fsp3) is 0.515.